The second-order valence-electron chi connectivity index (χ2n) is 5.55. The zero-order valence-electron chi connectivity index (χ0n) is 12.3. The average Bonchev–Trinajstić information content (AvgIpc) is 2.91. The second-order valence-corrected chi connectivity index (χ2v) is 5.91. The summed E-state index contributed by atoms with van der Waals surface area (Å²) < 4.78 is 0. The zero-order chi connectivity index (χ0) is 16.2. The van der Waals surface area contributed by atoms with E-state index in [2.05, 4.69) is 17.9 Å². The summed E-state index contributed by atoms with van der Waals surface area (Å²) in [6, 6.07) is -2.38. The number of hydrogen-bond acceptors (Lipinski definition) is 5. The van der Waals surface area contributed by atoms with Gasteiger partial charge in [-0.3, -0.25) is 9.59 Å². The van der Waals surface area contributed by atoms with Gasteiger partial charge in [-0.25, -0.2) is 4.79 Å². The first kappa shape index (κ1) is 17.8. The Hall–Kier alpha value is -1.28. The quantitative estimate of drug-likeness (QED) is 0.492. The molecule has 0 aliphatic carbocycles. The lowest BCUT2D eigenvalue weighted by molar-refractivity contribution is -0.150. The number of nitrogens with one attached hydrogen (secondary N) is 1. The first-order valence-electron chi connectivity index (χ1n) is 6.99. The highest BCUT2D eigenvalue weighted by Gasteiger charge is 2.38. The molecule has 8 heteroatoms. The SMILES string of the molecule is CC(C)[C@H](NC(=O)[C@@H](N)CS)C(=O)N1CCC[C@H]1C(=O)O. The molecule has 1 heterocycles. The van der Waals surface area contributed by atoms with Gasteiger partial charge in [0, 0.05) is 12.3 Å². The van der Waals surface area contributed by atoms with Crippen molar-refractivity contribution in [2.45, 2.75) is 44.8 Å². The van der Waals surface area contributed by atoms with Crippen molar-refractivity contribution in [1.82, 2.24) is 10.2 Å². The Morgan fingerprint density at radius 1 is 1.43 bits per heavy atom. The zero-order valence-corrected chi connectivity index (χ0v) is 13.2. The van der Waals surface area contributed by atoms with Crippen molar-refractivity contribution in [1.29, 1.82) is 0 Å². The van der Waals surface area contributed by atoms with E-state index in [4.69, 9.17) is 10.8 Å². The van der Waals surface area contributed by atoms with Crippen LogP contribution in [-0.2, 0) is 14.4 Å². The van der Waals surface area contributed by atoms with Crippen molar-refractivity contribution in [3.8, 4) is 0 Å². The minimum atomic E-state index is -1.01. The molecule has 0 aromatic rings. The minimum Gasteiger partial charge on any atom is -0.480 e. The first-order chi connectivity index (χ1) is 9.79. The number of rotatable bonds is 6. The molecule has 2 amide bonds. The van der Waals surface area contributed by atoms with Crippen LogP contribution in [0, 0.1) is 5.92 Å². The summed E-state index contributed by atoms with van der Waals surface area (Å²) in [5, 5.41) is 11.8. The fourth-order valence-corrected chi connectivity index (χ4v) is 2.49. The van der Waals surface area contributed by atoms with Crippen LogP contribution in [0.4, 0.5) is 0 Å². The Bertz CT molecular complexity index is 416. The van der Waals surface area contributed by atoms with E-state index in [0.717, 1.165) is 0 Å². The summed E-state index contributed by atoms with van der Waals surface area (Å²) in [7, 11) is 0. The van der Waals surface area contributed by atoms with E-state index in [-0.39, 0.29) is 17.6 Å². The molecule has 0 radical (unpaired) electrons. The number of carbonyl (C=O) groups is 3. The molecule has 0 spiro atoms. The lowest BCUT2D eigenvalue weighted by Crippen LogP contribution is -2.56. The normalized spacial score (nSPS) is 21.2. The number of carbonyl (C=O) groups excluding carboxylic acids is 2. The van der Waals surface area contributed by atoms with E-state index in [1.807, 2.05) is 0 Å². The topological polar surface area (TPSA) is 113 Å². The number of likely N-dealkylation sites (tertiary alicyclic amines) is 1. The molecule has 1 rings (SSSR count). The van der Waals surface area contributed by atoms with Gasteiger partial charge in [-0.1, -0.05) is 13.8 Å². The van der Waals surface area contributed by atoms with Gasteiger partial charge < -0.3 is 21.1 Å². The summed E-state index contributed by atoms with van der Waals surface area (Å²) in [6.07, 6.45) is 1.09. The number of nitrogens with zero attached hydrogens (tertiary/aromatic N) is 1. The van der Waals surface area contributed by atoms with Gasteiger partial charge in [-0.05, 0) is 18.8 Å². The average molecular weight is 317 g/mol. The Labute approximate surface area is 129 Å². The van der Waals surface area contributed by atoms with Gasteiger partial charge >= 0.3 is 5.97 Å². The molecule has 0 saturated carbocycles. The fraction of sp³-hybridized carbons (Fsp3) is 0.769. The molecule has 4 N–H and O–H groups in total. The van der Waals surface area contributed by atoms with Crippen LogP contribution in [0.15, 0.2) is 0 Å². The Balaban J connectivity index is 2.83. The third-order valence-electron chi connectivity index (χ3n) is 3.58. The Kier molecular flexibility index (Phi) is 6.47. The van der Waals surface area contributed by atoms with Gasteiger partial charge in [-0.2, -0.15) is 12.6 Å². The highest BCUT2D eigenvalue weighted by Crippen LogP contribution is 2.20. The highest BCUT2D eigenvalue weighted by molar-refractivity contribution is 7.80. The van der Waals surface area contributed by atoms with Crippen molar-refractivity contribution in [3.05, 3.63) is 0 Å². The lowest BCUT2D eigenvalue weighted by Gasteiger charge is -2.29. The van der Waals surface area contributed by atoms with Crippen LogP contribution in [0.5, 0.6) is 0 Å². The van der Waals surface area contributed by atoms with Crippen molar-refractivity contribution < 1.29 is 19.5 Å². The predicted octanol–water partition coefficient (Wildman–Crippen LogP) is -0.540. The van der Waals surface area contributed by atoms with Crippen LogP contribution in [0.1, 0.15) is 26.7 Å². The van der Waals surface area contributed by atoms with Crippen LogP contribution < -0.4 is 11.1 Å². The van der Waals surface area contributed by atoms with Crippen LogP contribution in [-0.4, -0.2) is 58.2 Å². The highest BCUT2D eigenvalue weighted by atomic mass is 32.1. The van der Waals surface area contributed by atoms with Crippen LogP contribution in [0.3, 0.4) is 0 Å². The molecular weight excluding hydrogens is 294 g/mol. The van der Waals surface area contributed by atoms with Crippen LogP contribution >= 0.6 is 12.6 Å². The number of hydrogen-bond donors (Lipinski definition) is 4. The molecule has 1 aliphatic heterocycles. The smallest absolute Gasteiger partial charge is 0.326 e. The summed E-state index contributed by atoms with van der Waals surface area (Å²) in [5.74, 6) is -1.82. The number of carboxylic acid groups (broad SMARTS) is 1. The lowest BCUT2D eigenvalue weighted by atomic mass is 10.0. The van der Waals surface area contributed by atoms with Gasteiger partial charge in [0.2, 0.25) is 11.8 Å². The molecule has 120 valence electrons. The summed E-state index contributed by atoms with van der Waals surface area (Å²) in [5.41, 5.74) is 5.59. The Morgan fingerprint density at radius 2 is 2.05 bits per heavy atom. The minimum absolute atomic E-state index is 0.163. The number of aliphatic carboxylic acids is 1. The molecule has 1 aliphatic rings. The third kappa shape index (κ3) is 4.34. The second kappa shape index (κ2) is 7.65. The maximum absolute atomic E-state index is 12.5. The summed E-state index contributed by atoms with van der Waals surface area (Å²) >= 11 is 3.95. The molecule has 3 atom stereocenters. The number of carboxylic acids is 1. The van der Waals surface area contributed by atoms with Gasteiger partial charge in [-0.15, -0.1) is 0 Å². The van der Waals surface area contributed by atoms with Crippen LogP contribution in [0.2, 0.25) is 0 Å². The first-order valence-corrected chi connectivity index (χ1v) is 7.63. The molecule has 21 heavy (non-hydrogen) atoms. The molecule has 0 aromatic heterocycles. The fourth-order valence-electron chi connectivity index (χ4n) is 2.32. The number of thiol groups is 1. The molecule has 1 saturated heterocycles. The maximum Gasteiger partial charge on any atom is 0.326 e. The van der Waals surface area contributed by atoms with Gasteiger partial charge in [0.05, 0.1) is 6.04 Å². The molecule has 0 unspecified atom stereocenters. The van der Waals surface area contributed by atoms with Gasteiger partial charge in [0.1, 0.15) is 12.1 Å². The molecule has 1 fully saturated rings. The monoisotopic (exact) mass is 317 g/mol. The van der Waals surface area contributed by atoms with Crippen molar-refractivity contribution in [2.24, 2.45) is 11.7 Å². The number of amides is 2. The van der Waals surface area contributed by atoms with E-state index in [9.17, 15) is 14.4 Å². The predicted molar refractivity (Wildman–Crippen MR) is 81.0 cm³/mol. The van der Waals surface area contributed by atoms with Crippen LogP contribution in [0.25, 0.3) is 0 Å². The van der Waals surface area contributed by atoms with Crippen molar-refractivity contribution >= 4 is 30.4 Å². The van der Waals surface area contributed by atoms with Gasteiger partial charge in [0.25, 0.3) is 0 Å². The summed E-state index contributed by atoms with van der Waals surface area (Å²) in [6.45, 7) is 3.98. The van der Waals surface area contributed by atoms with E-state index < -0.39 is 30.0 Å². The van der Waals surface area contributed by atoms with Gasteiger partial charge in [0.15, 0.2) is 0 Å². The molecule has 7 nitrogen and oxygen atoms in total. The standard InChI is InChI=1S/C13H23N3O4S/c1-7(2)10(15-11(17)8(14)6-21)12(18)16-5-3-4-9(16)13(19)20/h7-10,21H,3-6,14H2,1-2H3,(H,15,17)(H,19,20)/t8-,9-,10-/m0/s1. The van der Waals surface area contributed by atoms with Crippen molar-refractivity contribution in [3.63, 3.8) is 0 Å². The van der Waals surface area contributed by atoms with E-state index >= 15 is 0 Å². The Morgan fingerprint density at radius 3 is 2.52 bits per heavy atom. The molecule has 0 aromatic carbocycles. The molecule has 0 bridgehead atoms. The number of nitrogens with two attached hydrogens (primary N) is 1. The van der Waals surface area contributed by atoms with Crippen molar-refractivity contribution in [2.75, 3.05) is 12.3 Å². The third-order valence-corrected chi connectivity index (χ3v) is 3.98. The maximum atomic E-state index is 12.5. The van der Waals surface area contributed by atoms with E-state index in [0.29, 0.717) is 19.4 Å². The van der Waals surface area contributed by atoms with E-state index in [1.165, 1.54) is 4.90 Å². The summed E-state index contributed by atoms with van der Waals surface area (Å²) in [4.78, 5) is 36.9. The molecular formula is C13H23N3O4S. The largest absolute Gasteiger partial charge is 0.480 e. The van der Waals surface area contributed by atoms with E-state index in [1.54, 1.807) is 13.8 Å².